The molecule has 2 N–H and O–H groups in total. The highest BCUT2D eigenvalue weighted by atomic mass is 32.1. The Hall–Kier alpha value is -2.42. The molecule has 1 aromatic heterocycles. The molecule has 2 rings (SSSR count). The van der Waals surface area contributed by atoms with Crippen LogP contribution >= 0.6 is 11.3 Å². The van der Waals surface area contributed by atoms with Gasteiger partial charge in [-0.05, 0) is 19.1 Å². The summed E-state index contributed by atoms with van der Waals surface area (Å²) in [5.41, 5.74) is -0.292. The Labute approximate surface area is 115 Å². The van der Waals surface area contributed by atoms with E-state index in [1.165, 1.54) is 0 Å². The molecule has 0 spiro atoms. The van der Waals surface area contributed by atoms with Gasteiger partial charge in [-0.2, -0.15) is 0 Å². The lowest BCUT2D eigenvalue weighted by molar-refractivity contribution is -0.133. The Morgan fingerprint density at radius 3 is 2.45 bits per heavy atom. The van der Waals surface area contributed by atoms with Gasteiger partial charge in [0.1, 0.15) is 16.6 Å². The van der Waals surface area contributed by atoms with Crippen LogP contribution in [-0.2, 0) is 9.59 Å². The first-order valence-corrected chi connectivity index (χ1v) is 6.15. The lowest BCUT2D eigenvalue weighted by Crippen LogP contribution is -2.29. The quantitative estimate of drug-likeness (QED) is 0.827. The first kappa shape index (κ1) is 14.0. The van der Waals surface area contributed by atoms with Gasteiger partial charge < -0.3 is 5.32 Å². The van der Waals surface area contributed by atoms with E-state index < -0.39 is 23.4 Å². The summed E-state index contributed by atoms with van der Waals surface area (Å²) in [4.78, 5) is 23.1. The average molecular weight is 298 g/mol. The number of aryl methyl sites for hydroxylation is 1. The van der Waals surface area contributed by atoms with E-state index in [1.807, 2.05) is 5.32 Å². The van der Waals surface area contributed by atoms with Gasteiger partial charge >= 0.3 is 11.8 Å². The lowest BCUT2D eigenvalue weighted by Gasteiger charge is -2.05. The Bertz CT molecular complexity index is 674. The number of halogens is 2. The fourth-order valence-electron chi connectivity index (χ4n) is 1.27. The number of carbonyl (C=O) groups excluding carboxylic acids is 2. The third kappa shape index (κ3) is 3.32. The van der Waals surface area contributed by atoms with Crippen LogP contribution in [0, 0.1) is 18.6 Å². The SMILES string of the molecule is Cc1nnc(NC(=O)C(=O)Nc2ccc(F)cc2F)s1. The van der Waals surface area contributed by atoms with E-state index in [-0.39, 0.29) is 10.8 Å². The zero-order chi connectivity index (χ0) is 14.7. The Kier molecular flexibility index (Phi) is 3.99. The summed E-state index contributed by atoms with van der Waals surface area (Å²) >= 11 is 1.09. The number of hydrogen-bond donors (Lipinski definition) is 2. The summed E-state index contributed by atoms with van der Waals surface area (Å²) in [7, 11) is 0. The maximum Gasteiger partial charge on any atom is 0.315 e. The Morgan fingerprint density at radius 1 is 1.15 bits per heavy atom. The first-order valence-electron chi connectivity index (χ1n) is 5.33. The molecule has 9 heteroatoms. The molecule has 0 aliphatic rings. The van der Waals surface area contributed by atoms with E-state index in [0.717, 1.165) is 23.5 Å². The van der Waals surface area contributed by atoms with E-state index in [4.69, 9.17) is 0 Å². The highest BCUT2D eigenvalue weighted by Gasteiger charge is 2.17. The molecule has 0 atom stereocenters. The van der Waals surface area contributed by atoms with Gasteiger partial charge in [0, 0.05) is 6.07 Å². The molecular formula is C11H8F2N4O2S. The number of carbonyl (C=O) groups is 2. The maximum absolute atomic E-state index is 13.3. The molecule has 20 heavy (non-hydrogen) atoms. The van der Waals surface area contributed by atoms with Crippen molar-refractivity contribution in [3.05, 3.63) is 34.8 Å². The van der Waals surface area contributed by atoms with Crippen molar-refractivity contribution in [3.8, 4) is 0 Å². The van der Waals surface area contributed by atoms with Gasteiger partial charge in [-0.3, -0.25) is 14.9 Å². The predicted octanol–water partition coefficient (Wildman–Crippen LogP) is 1.70. The lowest BCUT2D eigenvalue weighted by atomic mass is 10.3. The van der Waals surface area contributed by atoms with Gasteiger partial charge in [0.05, 0.1) is 5.69 Å². The van der Waals surface area contributed by atoms with Crippen molar-refractivity contribution in [2.24, 2.45) is 0 Å². The second-order valence-corrected chi connectivity index (χ2v) is 4.84. The first-order chi connectivity index (χ1) is 9.45. The van der Waals surface area contributed by atoms with Crippen LogP contribution in [0.3, 0.4) is 0 Å². The molecule has 0 saturated heterocycles. The largest absolute Gasteiger partial charge is 0.315 e. The predicted molar refractivity (Wildman–Crippen MR) is 68.3 cm³/mol. The molecule has 6 nitrogen and oxygen atoms in total. The smallest absolute Gasteiger partial charge is 0.315 e. The van der Waals surface area contributed by atoms with Gasteiger partial charge in [0.2, 0.25) is 5.13 Å². The van der Waals surface area contributed by atoms with Crippen LogP contribution in [0.5, 0.6) is 0 Å². The van der Waals surface area contributed by atoms with Gasteiger partial charge in [-0.1, -0.05) is 11.3 Å². The summed E-state index contributed by atoms with van der Waals surface area (Å²) < 4.78 is 26.0. The van der Waals surface area contributed by atoms with Crippen LogP contribution in [0.25, 0.3) is 0 Å². The van der Waals surface area contributed by atoms with E-state index in [9.17, 15) is 18.4 Å². The minimum Gasteiger partial charge on any atom is -0.315 e. The third-order valence-electron chi connectivity index (χ3n) is 2.13. The molecule has 0 aliphatic heterocycles. The molecule has 2 aromatic rings. The summed E-state index contributed by atoms with van der Waals surface area (Å²) in [6.45, 7) is 1.68. The molecular weight excluding hydrogens is 290 g/mol. The molecule has 0 fully saturated rings. The topological polar surface area (TPSA) is 84.0 Å². The van der Waals surface area contributed by atoms with Crippen LogP contribution in [-0.4, -0.2) is 22.0 Å². The molecule has 1 aromatic carbocycles. The van der Waals surface area contributed by atoms with E-state index in [2.05, 4.69) is 15.5 Å². The van der Waals surface area contributed by atoms with E-state index in [1.54, 1.807) is 6.92 Å². The maximum atomic E-state index is 13.3. The zero-order valence-electron chi connectivity index (χ0n) is 10.1. The van der Waals surface area contributed by atoms with Gasteiger partial charge in [-0.25, -0.2) is 8.78 Å². The van der Waals surface area contributed by atoms with Crippen molar-refractivity contribution in [2.45, 2.75) is 6.92 Å². The van der Waals surface area contributed by atoms with Crippen LogP contribution in [0.4, 0.5) is 19.6 Å². The Morgan fingerprint density at radius 2 is 1.85 bits per heavy atom. The van der Waals surface area contributed by atoms with Crippen molar-refractivity contribution >= 4 is 34.0 Å². The van der Waals surface area contributed by atoms with Crippen LogP contribution in [0.1, 0.15) is 5.01 Å². The molecule has 104 valence electrons. The summed E-state index contributed by atoms with van der Waals surface area (Å²) in [5, 5.41) is 12.3. The summed E-state index contributed by atoms with van der Waals surface area (Å²) in [6, 6.07) is 2.58. The number of rotatable bonds is 2. The number of hydrogen-bond acceptors (Lipinski definition) is 5. The molecule has 1 heterocycles. The summed E-state index contributed by atoms with van der Waals surface area (Å²) in [5.74, 6) is -3.87. The van der Waals surface area contributed by atoms with Crippen molar-refractivity contribution in [2.75, 3.05) is 10.6 Å². The number of anilines is 2. The number of benzene rings is 1. The highest BCUT2D eigenvalue weighted by molar-refractivity contribution is 7.15. The standard InChI is InChI=1S/C11H8F2N4O2S/c1-5-16-17-11(20-5)15-10(19)9(18)14-8-3-2-6(12)4-7(8)13/h2-4H,1H3,(H,14,18)(H,15,17,19). The van der Waals surface area contributed by atoms with E-state index in [0.29, 0.717) is 11.1 Å². The van der Waals surface area contributed by atoms with Crippen molar-refractivity contribution in [3.63, 3.8) is 0 Å². The normalized spacial score (nSPS) is 10.2. The van der Waals surface area contributed by atoms with Crippen molar-refractivity contribution in [1.29, 1.82) is 0 Å². The van der Waals surface area contributed by atoms with Crippen LogP contribution < -0.4 is 10.6 Å². The molecule has 0 bridgehead atoms. The van der Waals surface area contributed by atoms with Gasteiger partial charge in [-0.15, -0.1) is 10.2 Å². The van der Waals surface area contributed by atoms with Crippen LogP contribution in [0.2, 0.25) is 0 Å². The monoisotopic (exact) mass is 298 g/mol. The van der Waals surface area contributed by atoms with Crippen molar-refractivity contribution < 1.29 is 18.4 Å². The second kappa shape index (κ2) is 5.70. The summed E-state index contributed by atoms with van der Waals surface area (Å²) in [6.07, 6.45) is 0. The number of amides is 2. The average Bonchev–Trinajstić information content (AvgIpc) is 2.78. The fraction of sp³-hybridized carbons (Fsp3) is 0.0909. The van der Waals surface area contributed by atoms with Gasteiger partial charge in [0.15, 0.2) is 0 Å². The number of nitrogens with one attached hydrogen (secondary N) is 2. The minimum absolute atomic E-state index is 0.155. The minimum atomic E-state index is -1.09. The number of aromatic nitrogens is 2. The van der Waals surface area contributed by atoms with Crippen molar-refractivity contribution in [1.82, 2.24) is 10.2 Å². The Balaban J connectivity index is 2.02. The van der Waals surface area contributed by atoms with Crippen LogP contribution in [0.15, 0.2) is 18.2 Å². The van der Waals surface area contributed by atoms with Gasteiger partial charge in [0.25, 0.3) is 0 Å². The molecule has 0 saturated carbocycles. The molecule has 0 aliphatic carbocycles. The molecule has 2 amide bonds. The fourth-order valence-corrected chi connectivity index (χ4v) is 1.86. The molecule has 0 unspecified atom stereocenters. The van der Waals surface area contributed by atoms with E-state index >= 15 is 0 Å². The highest BCUT2D eigenvalue weighted by Crippen LogP contribution is 2.16. The zero-order valence-corrected chi connectivity index (χ0v) is 10.9. The second-order valence-electron chi connectivity index (χ2n) is 3.66. The third-order valence-corrected chi connectivity index (χ3v) is 2.89. The molecule has 0 radical (unpaired) electrons. The number of nitrogens with zero attached hydrogens (tertiary/aromatic N) is 2.